The van der Waals surface area contributed by atoms with Crippen LogP contribution in [0.2, 0.25) is 0 Å². The smallest absolute Gasteiger partial charge is 0.248 e. The second-order valence-corrected chi connectivity index (χ2v) is 5.15. The molecule has 1 aromatic heterocycles. The average Bonchev–Trinajstić information content (AvgIpc) is 2.99. The van der Waals surface area contributed by atoms with Gasteiger partial charge in [0.15, 0.2) is 5.82 Å². The van der Waals surface area contributed by atoms with Gasteiger partial charge in [-0.15, -0.1) is 0 Å². The summed E-state index contributed by atoms with van der Waals surface area (Å²) in [6.45, 7) is 3.54. The first kappa shape index (κ1) is 16.8. The van der Waals surface area contributed by atoms with Crippen molar-refractivity contribution in [3.63, 3.8) is 0 Å². The van der Waals surface area contributed by atoms with E-state index in [-0.39, 0.29) is 11.9 Å². The molecule has 0 aliphatic heterocycles. The number of rotatable bonds is 7. The number of benzene rings is 1. The molecule has 0 unspecified atom stereocenters. The van der Waals surface area contributed by atoms with Gasteiger partial charge in [-0.3, -0.25) is 4.79 Å². The summed E-state index contributed by atoms with van der Waals surface area (Å²) in [5.74, 6) is 2.31. The zero-order valence-electron chi connectivity index (χ0n) is 13.8. The largest absolute Gasteiger partial charge is 0.497 e. The van der Waals surface area contributed by atoms with E-state index >= 15 is 0 Å². The number of ether oxygens (including phenoxy) is 2. The molecular weight excluding hydrogens is 298 g/mol. The summed E-state index contributed by atoms with van der Waals surface area (Å²) in [4.78, 5) is 16.2. The number of hydrogen-bond acceptors (Lipinski definition) is 6. The number of amides is 1. The van der Waals surface area contributed by atoms with E-state index in [2.05, 4.69) is 15.5 Å². The predicted molar refractivity (Wildman–Crippen MR) is 83.5 cm³/mol. The summed E-state index contributed by atoms with van der Waals surface area (Å²) in [5.41, 5.74) is 0.920. The predicted octanol–water partition coefficient (Wildman–Crippen LogP) is 2.21. The molecular formula is C16H21N3O4. The molecule has 1 aromatic carbocycles. The molecule has 0 bridgehead atoms. The molecule has 0 saturated carbocycles. The van der Waals surface area contributed by atoms with Gasteiger partial charge in [-0.1, -0.05) is 5.16 Å². The number of carbonyl (C=O) groups excluding carboxylic acids is 1. The number of nitrogens with zero attached hydrogens (tertiary/aromatic N) is 2. The third-order valence-corrected chi connectivity index (χ3v) is 3.40. The SMILES string of the molecule is COc1ccc(OC)c(CCC(=O)N[C@H](C)c2nc(C)no2)c1. The molecule has 23 heavy (non-hydrogen) atoms. The van der Waals surface area contributed by atoms with E-state index in [1.165, 1.54) is 0 Å². The Hall–Kier alpha value is -2.57. The molecule has 1 N–H and O–H groups in total. The Morgan fingerprint density at radius 2 is 2.13 bits per heavy atom. The topological polar surface area (TPSA) is 86.5 Å². The van der Waals surface area contributed by atoms with Crippen LogP contribution in [0.25, 0.3) is 0 Å². The molecule has 2 aromatic rings. The molecule has 0 saturated heterocycles. The first-order chi connectivity index (χ1) is 11.0. The lowest BCUT2D eigenvalue weighted by Gasteiger charge is -2.12. The maximum atomic E-state index is 12.1. The van der Waals surface area contributed by atoms with Gasteiger partial charge in [0.1, 0.15) is 17.5 Å². The zero-order valence-corrected chi connectivity index (χ0v) is 13.8. The highest BCUT2D eigenvalue weighted by Gasteiger charge is 2.16. The molecule has 0 aliphatic rings. The van der Waals surface area contributed by atoms with E-state index in [1.807, 2.05) is 18.2 Å². The van der Waals surface area contributed by atoms with Crippen LogP contribution in [-0.4, -0.2) is 30.3 Å². The Kier molecular flexibility index (Phi) is 5.56. The lowest BCUT2D eigenvalue weighted by atomic mass is 10.1. The lowest BCUT2D eigenvalue weighted by molar-refractivity contribution is -0.121. The summed E-state index contributed by atoms with van der Waals surface area (Å²) >= 11 is 0. The van der Waals surface area contributed by atoms with E-state index in [4.69, 9.17) is 14.0 Å². The fraction of sp³-hybridized carbons (Fsp3) is 0.438. The average molecular weight is 319 g/mol. The molecule has 1 atom stereocenters. The monoisotopic (exact) mass is 319 g/mol. The minimum atomic E-state index is -0.323. The number of methoxy groups -OCH3 is 2. The van der Waals surface area contributed by atoms with Crippen LogP contribution in [0.15, 0.2) is 22.7 Å². The minimum absolute atomic E-state index is 0.0989. The molecule has 0 fully saturated rings. The number of hydrogen-bond donors (Lipinski definition) is 1. The molecule has 0 spiro atoms. The summed E-state index contributed by atoms with van der Waals surface area (Å²) in [6, 6.07) is 5.20. The molecule has 2 rings (SSSR count). The van der Waals surface area contributed by atoms with E-state index < -0.39 is 0 Å². The third kappa shape index (κ3) is 4.45. The fourth-order valence-corrected chi connectivity index (χ4v) is 2.19. The Morgan fingerprint density at radius 1 is 1.35 bits per heavy atom. The van der Waals surface area contributed by atoms with E-state index in [0.29, 0.717) is 24.6 Å². The van der Waals surface area contributed by atoms with E-state index in [0.717, 1.165) is 17.1 Å². The normalized spacial score (nSPS) is 11.8. The van der Waals surface area contributed by atoms with Gasteiger partial charge in [-0.05, 0) is 44.0 Å². The molecule has 1 heterocycles. The van der Waals surface area contributed by atoms with Crippen molar-refractivity contribution in [3.8, 4) is 11.5 Å². The molecule has 7 nitrogen and oxygen atoms in total. The summed E-state index contributed by atoms with van der Waals surface area (Å²) < 4.78 is 15.6. The molecule has 0 aliphatic carbocycles. The Labute approximate surface area is 135 Å². The van der Waals surface area contributed by atoms with Crippen molar-refractivity contribution in [2.45, 2.75) is 32.7 Å². The Bertz CT molecular complexity index is 669. The van der Waals surface area contributed by atoms with Gasteiger partial charge in [0, 0.05) is 6.42 Å². The Morgan fingerprint density at radius 3 is 2.74 bits per heavy atom. The van der Waals surface area contributed by atoms with E-state index in [1.54, 1.807) is 28.1 Å². The quantitative estimate of drug-likeness (QED) is 0.842. The molecule has 124 valence electrons. The van der Waals surface area contributed by atoms with Crippen LogP contribution in [0.3, 0.4) is 0 Å². The van der Waals surface area contributed by atoms with Crippen molar-refractivity contribution < 1.29 is 18.8 Å². The van der Waals surface area contributed by atoms with Crippen molar-refractivity contribution >= 4 is 5.91 Å². The van der Waals surface area contributed by atoms with Crippen LogP contribution in [0, 0.1) is 6.92 Å². The van der Waals surface area contributed by atoms with Gasteiger partial charge < -0.3 is 19.3 Å². The molecule has 0 radical (unpaired) electrons. The first-order valence-electron chi connectivity index (χ1n) is 7.34. The van der Waals surface area contributed by atoms with Crippen LogP contribution in [0.5, 0.6) is 11.5 Å². The first-order valence-corrected chi connectivity index (χ1v) is 7.34. The summed E-state index contributed by atoms with van der Waals surface area (Å²) in [6.07, 6.45) is 0.864. The van der Waals surface area contributed by atoms with Crippen LogP contribution in [0.4, 0.5) is 0 Å². The van der Waals surface area contributed by atoms with Gasteiger partial charge in [0.05, 0.1) is 14.2 Å². The third-order valence-electron chi connectivity index (χ3n) is 3.40. The fourth-order valence-electron chi connectivity index (χ4n) is 2.19. The van der Waals surface area contributed by atoms with Gasteiger partial charge in [0.2, 0.25) is 11.8 Å². The van der Waals surface area contributed by atoms with Crippen molar-refractivity contribution in [1.82, 2.24) is 15.5 Å². The zero-order chi connectivity index (χ0) is 16.8. The molecule has 1 amide bonds. The van der Waals surface area contributed by atoms with Crippen molar-refractivity contribution in [2.75, 3.05) is 14.2 Å². The Balaban J connectivity index is 1.93. The second kappa shape index (κ2) is 7.62. The van der Waals surface area contributed by atoms with Gasteiger partial charge in [-0.25, -0.2) is 0 Å². The number of carbonyl (C=O) groups is 1. The van der Waals surface area contributed by atoms with Gasteiger partial charge >= 0.3 is 0 Å². The van der Waals surface area contributed by atoms with Crippen LogP contribution in [-0.2, 0) is 11.2 Å². The number of aromatic nitrogens is 2. The lowest BCUT2D eigenvalue weighted by Crippen LogP contribution is -2.27. The molecule has 7 heteroatoms. The van der Waals surface area contributed by atoms with Gasteiger partial charge in [-0.2, -0.15) is 4.98 Å². The summed E-state index contributed by atoms with van der Waals surface area (Å²) in [5, 5.41) is 6.55. The second-order valence-electron chi connectivity index (χ2n) is 5.15. The van der Waals surface area contributed by atoms with Crippen molar-refractivity contribution in [3.05, 3.63) is 35.5 Å². The summed E-state index contributed by atoms with van der Waals surface area (Å²) in [7, 11) is 3.21. The van der Waals surface area contributed by atoms with Crippen LogP contribution in [0.1, 0.15) is 36.7 Å². The standard InChI is InChI=1S/C16H21N3O4/c1-10(16-18-11(2)19-23-16)17-15(20)8-5-12-9-13(21-3)6-7-14(12)22-4/h6-7,9-10H,5,8H2,1-4H3,(H,17,20)/t10-/m1/s1. The maximum absolute atomic E-state index is 12.1. The number of nitrogens with one attached hydrogen (secondary N) is 1. The highest BCUT2D eigenvalue weighted by atomic mass is 16.5. The van der Waals surface area contributed by atoms with Crippen LogP contribution >= 0.6 is 0 Å². The van der Waals surface area contributed by atoms with Crippen molar-refractivity contribution in [2.24, 2.45) is 0 Å². The minimum Gasteiger partial charge on any atom is -0.497 e. The van der Waals surface area contributed by atoms with Crippen LogP contribution < -0.4 is 14.8 Å². The van der Waals surface area contributed by atoms with Crippen molar-refractivity contribution in [1.29, 1.82) is 0 Å². The maximum Gasteiger partial charge on any atom is 0.248 e. The van der Waals surface area contributed by atoms with Gasteiger partial charge in [0.25, 0.3) is 0 Å². The van der Waals surface area contributed by atoms with E-state index in [9.17, 15) is 4.79 Å². The highest BCUT2D eigenvalue weighted by molar-refractivity contribution is 5.76. The highest BCUT2D eigenvalue weighted by Crippen LogP contribution is 2.25. The number of aryl methyl sites for hydroxylation is 2.